The minimum atomic E-state index is -0.418. The van der Waals surface area contributed by atoms with Gasteiger partial charge in [-0.25, -0.2) is 0 Å². The third-order valence-corrected chi connectivity index (χ3v) is 2.93. The predicted octanol–water partition coefficient (Wildman–Crippen LogP) is 2.74. The Labute approximate surface area is 87.7 Å². The maximum Gasteiger partial charge on any atom is 0.0620 e. The zero-order chi connectivity index (χ0) is 10.8. The molecule has 0 aromatic carbocycles. The monoisotopic (exact) mass is 200 g/mol. The van der Waals surface area contributed by atoms with Gasteiger partial charge in [0.25, 0.3) is 0 Å². The summed E-state index contributed by atoms with van der Waals surface area (Å²) in [6.07, 6.45) is 4.04. The molecule has 84 valence electrons. The quantitative estimate of drug-likeness (QED) is 0.742. The number of hydrogen-bond donors (Lipinski definition) is 1. The molecule has 14 heavy (non-hydrogen) atoms. The molecule has 1 fully saturated rings. The molecule has 0 amide bonds. The highest BCUT2D eigenvalue weighted by molar-refractivity contribution is 4.81. The maximum atomic E-state index is 9.78. The fourth-order valence-electron chi connectivity index (χ4n) is 1.83. The van der Waals surface area contributed by atoms with Crippen molar-refractivity contribution >= 4 is 0 Å². The van der Waals surface area contributed by atoms with Gasteiger partial charge in [-0.1, -0.05) is 0 Å². The SMILES string of the molecule is CC1(O)CCC(COC(C)(C)C)CC1. The summed E-state index contributed by atoms with van der Waals surface area (Å²) in [6, 6.07) is 0. The Morgan fingerprint density at radius 3 is 2.21 bits per heavy atom. The van der Waals surface area contributed by atoms with Crippen molar-refractivity contribution in [2.75, 3.05) is 6.61 Å². The zero-order valence-electron chi connectivity index (χ0n) is 9.97. The van der Waals surface area contributed by atoms with E-state index in [0.717, 1.165) is 32.3 Å². The molecule has 0 aromatic heterocycles. The lowest BCUT2D eigenvalue weighted by molar-refractivity contribution is -0.0503. The van der Waals surface area contributed by atoms with Gasteiger partial charge in [0.1, 0.15) is 0 Å². The number of aliphatic hydroxyl groups is 1. The normalized spacial score (nSPS) is 34.5. The Bertz CT molecular complexity index is 169. The first kappa shape index (κ1) is 12.0. The van der Waals surface area contributed by atoms with Crippen molar-refractivity contribution in [1.82, 2.24) is 0 Å². The van der Waals surface area contributed by atoms with Crippen LogP contribution in [0.25, 0.3) is 0 Å². The smallest absolute Gasteiger partial charge is 0.0620 e. The molecule has 1 aliphatic rings. The summed E-state index contributed by atoms with van der Waals surface area (Å²) in [7, 11) is 0. The van der Waals surface area contributed by atoms with E-state index in [2.05, 4.69) is 20.8 Å². The third-order valence-electron chi connectivity index (χ3n) is 2.93. The minimum absolute atomic E-state index is 0.0278. The lowest BCUT2D eigenvalue weighted by Crippen LogP contribution is -2.33. The van der Waals surface area contributed by atoms with E-state index >= 15 is 0 Å². The van der Waals surface area contributed by atoms with Crippen molar-refractivity contribution in [1.29, 1.82) is 0 Å². The van der Waals surface area contributed by atoms with Gasteiger partial charge in [-0.2, -0.15) is 0 Å². The first-order chi connectivity index (χ1) is 6.29. The highest BCUT2D eigenvalue weighted by atomic mass is 16.5. The molecule has 0 radical (unpaired) electrons. The van der Waals surface area contributed by atoms with E-state index in [0.29, 0.717) is 5.92 Å². The summed E-state index contributed by atoms with van der Waals surface area (Å²) in [6.45, 7) is 9.05. The number of ether oxygens (including phenoxy) is 1. The van der Waals surface area contributed by atoms with Gasteiger partial charge in [0.15, 0.2) is 0 Å². The summed E-state index contributed by atoms with van der Waals surface area (Å²) < 4.78 is 5.76. The van der Waals surface area contributed by atoms with Gasteiger partial charge >= 0.3 is 0 Å². The van der Waals surface area contributed by atoms with Crippen LogP contribution in [0.4, 0.5) is 0 Å². The summed E-state index contributed by atoms with van der Waals surface area (Å²) in [5.74, 6) is 0.648. The van der Waals surface area contributed by atoms with Crippen molar-refractivity contribution in [3.8, 4) is 0 Å². The molecule has 1 aliphatic carbocycles. The Balaban J connectivity index is 2.23. The molecule has 2 heteroatoms. The van der Waals surface area contributed by atoms with Crippen LogP contribution in [0.3, 0.4) is 0 Å². The first-order valence-corrected chi connectivity index (χ1v) is 5.65. The largest absolute Gasteiger partial charge is 0.390 e. The van der Waals surface area contributed by atoms with E-state index in [1.807, 2.05) is 6.92 Å². The molecule has 1 rings (SSSR count). The van der Waals surface area contributed by atoms with E-state index in [-0.39, 0.29) is 5.60 Å². The van der Waals surface area contributed by atoms with Crippen LogP contribution in [0.15, 0.2) is 0 Å². The fourth-order valence-corrected chi connectivity index (χ4v) is 1.83. The van der Waals surface area contributed by atoms with Crippen LogP contribution in [-0.4, -0.2) is 22.9 Å². The summed E-state index contributed by atoms with van der Waals surface area (Å²) in [5.41, 5.74) is -0.446. The van der Waals surface area contributed by atoms with Gasteiger partial charge in [0, 0.05) is 0 Å². The molecule has 1 N–H and O–H groups in total. The molecular weight excluding hydrogens is 176 g/mol. The van der Waals surface area contributed by atoms with Crippen LogP contribution in [0.1, 0.15) is 53.4 Å². The molecule has 2 nitrogen and oxygen atoms in total. The van der Waals surface area contributed by atoms with Crippen molar-refractivity contribution < 1.29 is 9.84 Å². The van der Waals surface area contributed by atoms with Crippen molar-refractivity contribution in [3.63, 3.8) is 0 Å². The van der Waals surface area contributed by atoms with Crippen LogP contribution in [0.5, 0.6) is 0 Å². The van der Waals surface area contributed by atoms with Crippen LogP contribution in [0, 0.1) is 5.92 Å². The average molecular weight is 200 g/mol. The van der Waals surface area contributed by atoms with Crippen molar-refractivity contribution in [2.24, 2.45) is 5.92 Å². The number of rotatable bonds is 2. The van der Waals surface area contributed by atoms with E-state index in [4.69, 9.17) is 4.74 Å². The molecule has 0 heterocycles. The Hall–Kier alpha value is -0.0800. The van der Waals surface area contributed by atoms with E-state index in [1.54, 1.807) is 0 Å². The van der Waals surface area contributed by atoms with Crippen molar-refractivity contribution in [3.05, 3.63) is 0 Å². The molecule has 0 spiro atoms. The third kappa shape index (κ3) is 4.43. The van der Waals surface area contributed by atoms with Crippen LogP contribution >= 0.6 is 0 Å². The second-order valence-electron chi connectivity index (χ2n) is 5.86. The maximum absolute atomic E-state index is 9.78. The first-order valence-electron chi connectivity index (χ1n) is 5.65. The zero-order valence-corrected chi connectivity index (χ0v) is 9.97. The number of hydrogen-bond acceptors (Lipinski definition) is 2. The van der Waals surface area contributed by atoms with E-state index in [1.165, 1.54) is 0 Å². The highest BCUT2D eigenvalue weighted by Crippen LogP contribution is 2.32. The summed E-state index contributed by atoms with van der Waals surface area (Å²) in [5, 5.41) is 9.78. The second kappa shape index (κ2) is 4.19. The predicted molar refractivity (Wildman–Crippen MR) is 58.3 cm³/mol. The van der Waals surface area contributed by atoms with Gasteiger partial charge in [-0.05, 0) is 59.3 Å². The van der Waals surface area contributed by atoms with Gasteiger partial charge in [0.05, 0.1) is 17.8 Å². The fraction of sp³-hybridized carbons (Fsp3) is 1.00. The van der Waals surface area contributed by atoms with Gasteiger partial charge in [-0.15, -0.1) is 0 Å². The lowest BCUT2D eigenvalue weighted by Gasteiger charge is -2.34. The molecule has 0 aliphatic heterocycles. The van der Waals surface area contributed by atoms with E-state index in [9.17, 15) is 5.11 Å². The Morgan fingerprint density at radius 2 is 1.79 bits per heavy atom. The standard InChI is InChI=1S/C12H24O2/c1-11(2,3)14-9-10-5-7-12(4,13)8-6-10/h10,13H,5-9H2,1-4H3. The molecule has 0 aromatic rings. The molecule has 0 atom stereocenters. The second-order valence-corrected chi connectivity index (χ2v) is 5.86. The van der Waals surface area contributed by atoms with Gasteiger partial charge in [0.2, 0.25) is 0 Å². The van der Waals surface area contributed by atoms with Crippen molar-refractivity contribution in [2.45, 2.75) is 64.6 Å². The Kier molecular flexibility index (Phi) is 3.59. The average Bonchev–Trinajstić information content (AvgIpc) is 2.01. The van der Waals surface area contributed by atoms with Crippen LogP contribution in [-0.2, 0) is 4.74 Å². The minimum Gasteiger partial charge on any atom is -0.390 e. The molecule has 0 bridgehead atoms. The van der Waals surface area contributed by atoms with Gasteiger partial charge in [-0.3, -0.25) is 0 Å². The van der Waals surface area contributed by atoms with Gasteiger partial charge < -0.3 is 9.84 Å². The topological polar surface area (TPSA) is 29.5 Å². The van der Waals surface area contributed by atoms with Crippen LogP contribution < -0.4 is 0 Å². The lowest BCUT2D eigenvalue weighted by atomic mass is 9.80. The molecular formula is C12H24O2. The van der Waals surface area contributed by atoms with E-state index < -0.39 is 5.60 Å². The molecule has 0 saturated heterocycles. The highest BCUT2D eigenvalue weighted by Gasteiger charge is 2.29. The molecule has 0 unspecified atom stereocenters. The summed E-state index contributed by atoms with van der Waals surface area (Å²) in [4.78, 5) is 0. The van der Waals surface area contributed by atoms with Crippen LogP contribution in [0.2, 0.25) is 0 Å². The molecule has 1 saturated carbocycles. The summed E-state index contributed by atoms with van der Waals surface area (Å²) >= 11 is 0. The Morgan fingerprint density at radius 1 is 1.29 bits per heavy atom.